The Hall–Kier alpha value is -5.32. The molecule has 0 fully saturated rings. The van der Waals surface area contributed by atoms with E-state index < -0.39 is 0 Å². The molecule has 19 nitrogen and oxygen atoms in total. The van der Waals surface area contributed by atoms with Crippen molar-refractivity contribution in [2.24, 2.45) is 0 Å². The minimum atomic E-state index is -0.160. The SMILES string of the molecule is Cc1nc(C(C)(C)N(C)C(C)C)c(C)o1.Cc1nc(C(C)(C)N(C)C(C)C)oc1C.Cc1nc(C)c(C(C)(C)N(C)C(C)C)o1.Cc1nc(C)c(C(C)(C)N(C)C(C)C)s1.Cc1noc(C(C)(C)N(C)C(C)C)c1C.Cc1oc(C)c(C(C)(C)N(C)C(C)C)c1C.Cc1onc(C(C)(C)N(C)C(C)C)c1C. The first-order chi connectivity index (χ1) is 47.8. The minimum absolute atomic E-state index is 0.0140. The third-order valence-electron chi connectivity index (χ3n) is 23.2. The number of hydrogen-bond acceptors (Lipinski definition) is 20. The van der Waals surface area contributed by atoms with Crippen molar-refractivity contribution in [1.29, 1.82) is 0 Å². The van der Waals surface area contributed by atoms with Crippen LogP contribution in [0.4, 0.5) is 0 Å². The molecule has 0 spiro atoms. The molecule has 0 N–H and O–H groups in total. The van der Waals surface area contributed by atoms with Gasteiger partial charge in [-0.2, -0.15) is 0 Å². The minimum Gasteiger partial charge on any atom is -0.466 e. The number of oxazole rings is 3. The lowest BCUT2D eigenvalue weighted by Gasteiger charge is -2.39. The van der Waals surface area contributed by atoms with Gasteiger partial charge in [-0.25, -0.2) is 19.9 Å². The Morgan fingerprint density at radius 3 is 0.981 bits per heavy atom. The first-order valence-corrected chi connectivity index (χ1v) is 39.5. The molecule has 7 aromatic rings. The van der Waals surface area contributed by atoms with Crippen LogP contribution in [0.5, 0.6) is 0 Å². The van der Waals surface area contributed by atoms with E-state index in [0.29, 0.717) is 42.3 Å². The van der Waals surface area contributed by atoms with Crippen LogP contribution < -0.4 is 0 Å². The van der Waals surface area contributed by atoms with Crippen LogP contribution in [-0.2, 0) is 38.8 Å². The molecule has 0 atom stereocenters. The van der Waals surface area contributed by atoms with Crippen molar-refractivity contribution < 1.29 is 26.7 Å². The molecule has 0 aliphatic rings. The van der Waals surface area contributed by atoms with E-state index in [1.54, 1.807) is 0 Å². The molecule has 0 saturated heterocycles. The van der Waals surface area contributed by atoms with E-state index in [2.05, 4.69) is 349 Å². The molecular formula is C86H157N13O6S. The average Bonchev–Trinajstić information content (AvgIpc) is 1.64. The maximum atomic E-state index is 5.73. The molecule has 0 aromatic carbocycles. The van der Waals surface area contributed by atoms with Gasteiger partial charge in [0.2, 0.25) is 5.89 Å². The molecule has 0 saturated carbocycles. The zero-order valence-electron chi connectivity index (χ0n) is 77.2. The third-order valence-corrected chi connectivity index (χ3v) is 24.6. The molecule has 0 amide bonds. The fourth-order valence-electron chi connectivity index (χ4n) is 13.4. The maximum Gasteiger partial charge on any atom is 0.214 e. The van der Waals surface area contributed by atoms with E-state index in [1.165, 1.54) is 21.7 Å². The smallest absolute Gasteiger partial charge is 0.214 e. The summed E-state index contributed by atoms with van der Waals surface area (Å²) in [7, 11) is 14.9. The highest BCUT2D eigenvalue weighted by atomic mass is 32.1. The summed E-state index contributed by atoms with van der Waals surface area (Å²) in [6.07, 6.45) is 0. The second-order valence-corrected chi connectivity index (χ2v) is 36.3. The highest BCUT2D eigenvalue weighted by Gasteiger charge is 2.39. The highest BCUT2D eigenvalue weighted by molar-refractivity contribution is 7.11. The zero-order chi connectivity index (χ0) is 83.5. The number of aryl methyl sites for hydroxylation is 12. The molecule has 7 rings (SSSR count). The fourth-order valence-corrected chi connectivity index (χ4v) is 14.4. The van der Waals surface area contributed by atoms with Gasteiger partial charge in [-0.1, -0.05) is 10.3 Å². The number of hydrogen-bond donors (Lipinski definition) is 0. The van der Waals surface area contributed by atoms with Crippen LogP contribution in [0.15, 0.2) is 26.7 Å². The first kappa shape index (κ1) is 98.7. The lowest BCUT2D eigenvalue weighted by molar-refractivity contribution is 0.0877. The maximum absolute atomic E-state index is 5.73. The fraction of sp³-hybridized carbons (Fsp3) is 0.744. The molecule has 0 bridgehead atoms. The van der Waals surface area contributed by atoms with E-state index in [0.717, 1.165) is 103 Å². The Morgan fingerprint density at radius 2 is 0.670 bits per heavy atom. The van der Waals surface area contributed by atoms with Gasteiger partial charge in [0.1, 0.15) is 45.9 Å². The lowest BCUT2D eigenvalue weighted by Crippen LogP contribution is -2.43. The normalized spacial score (nSPS) is 12.9. The van der Waals surface area contributed by atoms with Gasteiger partial charge in [-0.3, -0.25) is 34.3 Å². The second kappa shape index (κ2) is 39.0. The van der Waals surface area contributed by atoms with Crippen molar-refractivity contribution >= 4 is 11.3 Å². The Balaban J connectivity index is 0.000000618. The van der Waals surface area contributed by atoms with Gasteiger partial charge in [0, 0.05) is 83.2 Å². The van der Waals surface area contributed by atoms with Crippen molar-refractivity contribution in [2.45, 2.75) is 379 Å². The summed E-state index contributed by atoms with van der Waals surface area (Å²) >= 11 is 1.81. The van der Waals surface area contributed by atoms with Crippen LogP contribution in [-0.4, -0.2) is 156 Å². The highest BCUT2D eigenvalue weighted by Crippen LogP contribution is 2.39. The predicted molar refractivity (Wildman–Crippen MR) is 446 cm³/mol. The Morgan fingerprint density at radius 1 is 0.283 bits per heavy atom. The van der Waals surface area contributed by atoms with Gasteiger partial charge < -0.3 is 26.7 Å². The molecule has 0 aliphatic carbocycles. The standard InChI is InChI=1S/C14H25NO.5C12H22N2O.C12H22N2S/c1-9(2)15(8)14(6,7)13-10(3)11(4)16-12(13)5;1-8(2)14(7)12(5,6)11-9(3)15-10(4)13-11;1-8(2)14(7)12(5,6)11-9(3)13-10(4)15-11;1-8(2)14(7)12(5,6)11-13-9(3)10(4)15-11;1-8(2)14(7)12(5,6)11-9(3)10(4)15-13-11;1-8(2)14(7)12(5,6)11-9(3)10(4)13-15-11;1-8(2)14(7)12(5,6)11-9(3)13-10(4)15-11/h9H,1-8H3;6*8H,1-7H3. The summed E-state index contributed by atoms with van der Waals surface area (Å²) in [5, 5.41) is 9.36. The van der Waals surface area contributed by atoms with Crippen molar-refractivity contribution in [3.8, 4) is 0 Å². The molecule has 106 heavy (non-hydrogen) atoms. The topological polar surface area (TPSA) is 179 Å². The van der Waals surface area contributed by atoms with Crippen LogP contribution >= 0.6 is 11.3 Å². The Labute approximate surface area is 651 Å². The van der Waals surface area contributed by atoms with E-state index in [-0.39, 0.29) is 38.8 Å². The van der Waals surface area contributed by atoms with E-state index in [9.17, 15) is 0 Å². The van der Waals surface area contributed by atoms with Gasteiger partial charge in [0.15, 0.2) is 17.5 Å². The third kappa shape index (κ3) is 24.3. The molecule has 0 radical (unpaired) electrons. The van der Waals surface area contributed by atoms with E-state index >= 15 is 0 Å². The lowest BCUT2D eigenvalue weighted by atomic mass is 9.88. The van der Waals surface area contributed by atoms with Gasteiger partial charge in [0.25, 0.3) is 0 Å². The largest absolute Gasteiger partial charge is 0.466 e. The Kier molecular flexibility index (Phi) is 36.3. The van der Waals surface area contributed by atoms with Crippen molar-refractivity contribution in [2.75, 3.05) is 49.3 Å². The van der Waals surface area contributed by atoms with Crippen LogP contribution in [0, 0.1) is 104 Å². The molecule has 0 unspecified atom stereocenters. The molecular weight excluding hydrogens is 1340 g/mol. The predicted octanol–water partition coefficient (Wildman–Crippen LogP) is 21.4. The van der Waals surface area contributed by atoms with Gasteiger partial charge in [0.05, 0.1) is 61.0 Å². The second-order valence-electron chi connectivity index (χ2n) is 35.1. The van der Waals surface area contributed by atoms with Gasteiger partial charge in [-0.05, 0) is 339 Å². The van der Waals surface area contributed by atoms with E-state index in [4.69, 9.17) is 26.7 Å². The van der Waals surface area contributed by atoms with Crippen LogP contribution in [0.25, 0.3) is 0 Å². The molecule has 7 aromatic heterocycles. The average molecular weight is 1500 g/mol. The summed E-state index contributed by atoms with van der Waals surface area (Å²) in [4.78, 5) is 35.4. The number of nitrogens with zero attached hydrogens (tertiary/aromatic N) is 13. The van der Waals surface area contributed by atoms with E-state index in [1.807, 2.05) is 73.7 Å². The number of furan rings is 1. The number of aromatic nitrogens is 6. The van der Waals surface area contributed by atoms with Crippen LogP contribution in [0.2, 0.25) is 0 Å². The summed E-state index contributed by atoms with van der Waals surface area (Å²) in [5.41, 5.74) is 10.7. The molecule has 20 heteroatoms. The van der Waals surface area contributed by atoms with Gasteiger partial charge >= 0.3 is 0 Å². The van der Waals surface area contributed by atoms with Gasteiger partial charge in [-0.15, -0.1) is 11.3 Å². The van der Waals surface area contributed by atoms with Crippen LogP contribution in [0.1, 0.15) is 318 Å². The van der Waals surface area contributed by atoms with Crippen molar-refractivity contribution in [3.05, 3.63) is 124 Å². The summed E-state index contributed by atoms with van der Waals surface area (Å²) in [6.45, 7) is 91.6. The van der Waals surface area contributed by atoms with Crippen molar-refractivity contribution in [1.82, 2.24) is 64.5 Å². The van der Waals surface area contributed by atoms with Crippen molar-refractivity contribution in [3.63, 3.8) is 0 Å². The zero-order valence-corrected chi connectivity index (χ0v) is 78.0. The monoisotopic (exact) mass is 1500 g/mol. The molecule has 7 heterocycles. The Bertz CT molecular complexity index is 3460. The van der Waals surface area contributed by atoms with Crippen LogP contribution in [0.3, 0.4) is 0 Å². The summed E-state index contributed by atoms with van der Waals surface area (Å²) in [6, 6.07) is 3.45. The first-order valence-electron chi connectivity index (χ1n) is 38.6. The summed E-state index contributed by atoms with van der Waals surface area (Å²) < 4.78 is 33.3. The molecule has 0 aliphatic heterocycles. The quantitative estimate of drug-likeness (QED) is 0.0662. The molecule has 608 valence electrons. The number of thiazole rings is 1. The summed E-state index contributed by atoms with van der Waals surface area (Å²) in [5.74, 6) is 9.06. The number of rotatable bonds is 21.